The number of ether oxygens (including phenoxy) is 2. The van der Waals surface area contributed by atoms with Crippen LogP contribution in [-0.4, -0.2) is 76.4 Å². The smallest absolute Gasteiger partial charge is 0.409 e. The zero-order valence-electron chi connectivity index (χ0n) is 19.2. The van der Waals surface area contributed by atoms with Gasteiger partial charge in [-0.25, -0.2) is 4.79 Å². The van der Waals surface area contributed by atoms with E-state index in [-0.39, 0.29) is 36.1 Å². The third kappa shape index (κ3) is 6.77. The molecule has 0 atom stereocenters. The first-order chi connectivity index (χ1) is 16.0. The fourth-order valence-corrected chi connectivity index (χ4v) is 3.46. The fraction of sp³-hybridized carbons (Fsp3) is 0.522. The van der Waals surface area contributed by atoms with Crippen LogP contribution in [0.2, 0.25) is 0 Å². The van der Waals surface area contributed by atoms with Crippen molar-refractivity contribution in [3.05, 3.63) is 40.3 Å². The van der Waals surface area contributed by atoms with Crippen molar-refractivity contribution in [2.24, 2.45) is 0 Å². The van der Waals surface area contributed by atoms with Crippen LogP contribution in [0.15, 0.2) is 29.1 Å². The quantitative estimate of drug-likeness (QED) is 0.574. The first-order valence-corrected chi connectivity index (χ1v) is 11.4. The molecule has 1 fully saturated rings. The van der Waals surface area contributed by atoms with Gasteiger partial charge in [-0.2, -0.15) is 0 Å². The van der Waals surface area contributed by atoms with E-state index in [4.69, 9.17) is 9.47 Å². The van der Waals surface area contributed by atoms with E-state index in [0.717, 1.165) is 12.8 Å². The van der Waals surface area contributed by atoms with E-state index >= 15 is 0 Å². The van der Waals surface area contributed by atoms with Gasteiger partial charge in [-0.3, -0.25) is 9.59 Å². The number of aromatic amines is 1. The number of amides is 2. The Morgan fingerprint density at radius 2 is 1.85 bits per heavy atom. The number of hydrogen-bond donors (Lipinski definition) is 1. The Balaban J connectivity index is 1.54. The maximum atomic E-state index is 12.5. The van der Waals surface area contributed by atoms with E-state index < -0.39 is 0 Å². The van der Waals surface area contributed by atoms with Gasteiger partial charge in [0.2, 0.25) is 5.91 Å². The van der Waals surface area contributed by atoms with E-state index in [0.29, 0.717) is 56.5 Å². The molecule has 0 radical (unpaired) electrons. The molecule has 2 heterocycles. The van der Waals surface area contributed by atoms with E-state index in [1.165, 1.54) is 0 Å². The molecular weight excluding hydrogens is 426 g/mol. The first kappa shape index (κ1) is 24.2. The minimum atomic E-state index is -0.364. The SMILES string of the molecule is CCCCOc1cccc(-c2nnc(CCC(=O)N3CCN(C(=O)OCC)CC3)c(=O)[nH]2)c1. The van der Waals surface area contributed by atoms with E-state index in [1.54, 1.807) is 16.7 Å². The molecule has 1 aliphatic heterocycles. The molecule has 0 spiro atoms. The number of aryl methyl sites for hydroxylation is 1. The molecule has 0 bridgehead atoms. The summed E-state index contributed by atoms with van der Waals surface area (Å²) in [5.41, 5.74) is 0.556. The maximum absolute atomic E-state index is 12.5. The monoisotopic (exact) mass is 457 g/mol. The summed E-state index contributed by atoms with van der Waals surface area (Å²) in [6, 6.07) is 7.34. The number of H-pyrrole nitrogens is 1. The van der Waals surface area contributed by atoms with Gasteiger partial charge in [0.1, 0.15) is 11.4 Å². The molecule has 0 saturated carbocycles. The third-order valence-electron chi connectivity index (χ3n) is 5.37. The Hall–Kier alpha value is -3.43. The average Bonchev–Trinajstić information content (AvgIpc) is 2.83. The number of unbranched alkanes of at least 4 members (excludes halogenated alkanes) is 1. The summed E-state index contributed by atoms with van der Waals surface area (Å²) in [4.78, 5) is 42.8. The predicted octanol–water partition coefficient (Wildman–Crippen LogP) is 2.24. The molecule has 0 unspecified atom stereocenters. The van der Waals surface area contributed by atoms with Crippen LogP contribution in [0.3, 0.4) is 0 Å². The number of carbonyl (C=O) groups excluding carboxylic acids is 2. The Morgan fingerprint density at radius 3 is 2.55 bits per heavy atom. The number of rotatable bonds is 9. The molecule has 1 aliphatic rings. The van der Waals surface area contributed by atoms with Crippen LogP contribution >= 0.6 is 0 Å². The Bertz CT molecular complexity index is 1000. The first-order valence-electron chi connectivity index (χ1n) is 11.4. The van der Waals surface area contributed by atoms with Crippen molar-refractivity contribution in [3.8, 4) is 17.1 Å². The van der Waals surface area contributed by atoms with Crippen molar-refractivity contribution in [2.75, 3.05) is 39.4 Å². The number of benzene rings is 1. The Kier molecular flexibility index (Phi) is 8.79. The summed E-state index contributed by atoms with van der Waals surface area (Å²) in [7, 11) is 0. The summed E-state index contributed by atoms with van der Waals surface area (Å²) >= 11 is 0. The van der Waals surface area contributed by atoms with Crippen LogP contribution in [0.5, 0.6) is 5.75 Å². The molecule has 10 nitrogen and oxygen atoms in total. The largest absolute Gasteiger partial charge is 0.494 e. The average molecular weight is 458 g/mol. The van der Waals surface area contributed by atoms with Gasteiger partial charge in [0.25, 0.3) is 5.56 Å². The molecule has 1 aromatic carbocycles. The van der Waals surface area contributed by atoms with E-state index in [1.807, 2.05) is 24.3 Å². The van der Waals surface area contributed by atoms with Crippen LogP contribution in [-0.2, 0) is 16.0 Å². The molecule has 1 aromatic heterocycles. The summed E-state index contributed by atoms with van der Waals surface area (Å²) in [5.74, 6) is 0.980. The second kappa shape index (κ2) is 12.0. The van der Waals surface area contributed by atoms with Gasteiger partial charge in [0.15, 0.2) is 5.82 Å². The van der Waals surface area contributed by atoms with Crippen LogP contribution in [0.1, 0.15) is 38.8 Å². The normalized spacial score (nSPS) is 13.6. The van der Waals surface area contributed by atoms with Crippen molar-refractivity contribution in [1.82, 2.24) is 25.0 Å². The zero-order valence-corrected chi connectivity index (χ0v) is 19.2. The molecular formula is C23H31N5O5. The molecule has 33 heavy (non-hydrogen) atoms. The van der Waals surface area contributed by atoms with Crippen LogP contribution in [0.4, 0.5) is 4.79 Å². The van der Waals surface area contributed by atoms with Crippen LogP contribution < -0.4 is 10.3 Å². The van der Waals surface area contributed by atoms with Gasteiger partial charge in [0, 0.05) is 44.6 Å². The molecule has 2 amide bonds. The third-order valence-corrected chi connectivity index (χ3v) is 5.37. The number of piperazine rings is 1. The second-order valence-corrected chi connectivity index (χ2v) is 7.75. The molecule has 1 N–H and O–H groups in total. The predicted molar refractivity (Wildman–Crippen MR) is 122 cm³/mol. The maximum Gasteiger partial charge on any atom is 0.409 e. The lowest BCUT2D eigenvalue weighted by molar-refractivity contribution is -0.132. The van der Waals surface area contributed by atoms with Gasteiger partial charge < -0.3 is 24.3 Å². The lowest BCUT2D eigenvalue weighted by Crippen LogP contribution is -2.50. The van der Waals surface area contributed by atoms with Crippen LogP contribution in [0, 0.1) is 0 Å². The lowest BCUT2D eigenvalue weighted by Gasteiger charge is -2.34. The molecule has 3 rings (SSSR count). The Morgan fingerprint density at radius 1 is 1.09 bits per heavy atom. The molecule has 1 saturated heterocycles. The summed E-state index contributed by atoms with van der Waals surface area (Å²) < 4.78 is 10.7. The number of hydrogen-bond acceptors (Lipinski definition) is 7. The second-order valence-electron chi connectivity index (χ2n) is 7.75. The van der Waals surface area contributed by atoms with Gasteiger partial charge in [-0.05, 0) is 25.5 Å². The van der Waals surface area contributed by atoms with Crippen LogP contribution in [0.25, 0.3) is 11.4 Å². The molecule has 0 aliphatic carbocycles. The van der Waals surface area contributed by atoms with Gasteiger partial charge >= 0.3 is 6.09 Å². The highest BCUT2D eigenvalue weighted by Crippen LogP contribution is 2.20. The van der Waals surface area contributed by atoms with Crippen molar-refractivity contribution < 1.29 is 19.1 Å². The highest BCUT2D eigenvalue weighted by molar-refractivity contribution is 5.77. The standard InChI is InChI=1S/C23H31N5O5/c1-3-5-15-33-18-8-6-7-17(16-18)21-24-22(30)19(25-26-21)9-10-20(29)27-11-13-28(14-12-27)23(31)32-4-2/h6-8,16H,3-5,9-15H2,1-2H3,(H,24,26,30). The number of carbonyl (C=O) groups is 2. The van der Waals surface area contributed by atoms with Gasteiger partial charge in [-0.1, -0.05) is 25.5 Å². The lowest BCUT2D eigenvalue weighted by atomic mass is 10.2. The fourth-order valence-electron chi connectivity index (χ4n) is 3.46. The van der Waals surface area contributed by atoms with Crippen molar-refractivity contribution in [1.29, 1.82) is 0 Å². The minimum Gasteiger partial charge on any atom is -0.494 e. The molecule has 10 heteroatoms. The minimum absolute atomic E-state index is 0.0827. The Labute approximate surface area is 192 Å². The summed E-state index contributed by atoms with van der Waals surface area (Å²) in [6.45, 7) is 6.56. The van der Waals surface area contributed by atoms with Gasteiger partial charge in [-0.15, -0.1) is 10.2 Å². The summed E-state index contributed by atoms with van der Waals surface area (Å²) in [6.07, 6.45) is 2.00. The van der Waals surface area contributed by atoms with E-state index in [9.17, 15) is 14.4 Å². The summed E-state index contributed by atoms with van der Waals surface area (Å²) in [5, 5.41) is 8.20. The molecule has 2 aromatic rings. The van der Waals surface area contributed by atoms with Crippen molar-refractivity contribution in [2.45, 2.75) is 39.5 Å². The van der Waals surface area contributed by atoms with E-state index in [2.05, 4.69) is 22.1 Å². The van der Waals surface area contributed by atoms with Gasteiger partial charge in [0.05, 0.1) is 13.2 Å². The zero-order chi connectivity index (χ0) is 23.6. The highest BCUT2D eigenvalue weighted by atomic mass is 16.6. The highest BCUT2D eigenvalue weighted by Gasteiger charge is 2.24. The van der Waals surface area contributed by atoms with Crippen molar-refractivity contribution >= 4 is 12.0 Å². The number of nitrogens with one attached hydrogen (secondary N) is 1. The topological polar surface area (TPSA) is 118 Å². The molecule has 178 valence electrons. The number of nitrogens with zero attached hydrogens (tertiary/aromatic N) is 4. The number of aromatic nitrogens is 3. The van der Waals surface area contributed by atoms with Crippen molar-refractivity contribution in [3.63, 3.8) is 0 Å².